The van der Waals surface area contributed by atoms with E-state index in [0.29, 0.717) is 6.04 Å². The van der Waals surface area contributed by atoms with E-state index < -0.39 is 0 Å². The maximum Gasteiger partial charge on any atom is 0.206 e. The number of aromatic nitrogens is 2. The van der Waals surface area contributed by atoms with E-state index in [-0.39, 0.29) is 0 Å². The summed E-state index contributed by atoms with van der Waals surface area (Å²) in [5, 5.41) is 12.7. The Morgan fingerprint density at radius 2 is 2.29 bits per heavy atom. The molecule has 2 aromatic rings. The van der Waals surface area contributed by atoms with Crippen molar-refractivity contribution in [1.29, 1.82) is 0 Å². The van der Waals surface area contributed by atoms with Crippen LogP contribution in [0, 0.1) is 0 Å². The Morgan fingerprint density at radius 1 is 1.38 bits per heavy atom. The third-order valence-corrected chi connectivity index (χ3v) is 5.10. The van der Waals surface area contributed by atoms with Crippen molar-refractivity contribution in [3.63, 3.8) is 0 Å². The number of thioether (sulfide) groups is 1. The fourth-order valence-corrected chi connectivity index (χ4v) is 3.59. The van der Waals surface area contributed by atoms with Crippen molar-refractivity contribution in [1.82, 2.24) is 10.2 Å². The van der Waals surface area contributed by atoms with Gasteiger partial charge in [0, 0.05) is 11.8 Å². The van der Waals surface area contributed by atoms with Crippen molar-refractivity contribution in [3.05, 3.63) is 29.8 Å². The molecule has 112 valence electrons. The standard InChI is InChI=1S/C15H19N3OS2/c1-2-8-19-13-5-3-4-11(9-13)10-20-15-18-17-14(21-15)16-12-6-7-12/h3-5,9,12H,2,6-8,10H2,1H3,(H,16,17). The highest BCUT2D eigenvalue weighted by Crippen LogP contribution is 2.32. The van der Waals surface area contributed by atoms with Crippen LogP contribution in [0.5, 0.6) is 5.75 Å². The molecule has 0 atom stereocenters. The van der Waals surface area contributed by atoms with Crippen molar-refractivity contribution in [2.24, 2.45) is 0 Å². The number of ether oxygens (including phenoxy) is 1. The van der Waals surface area contributed by atoms with Gasteiger partial charge in [-0.3, -0.25) is 0 Å². The summed E-state index contributed by atoms with van der Waals surface area (Å²) in [5.74, 6) is 1.84. The summed E-state index contributed by atoms with van der Waals surface area (Å²) in [7, 11) is 0. The fraction of sp³-hybridized carbons (Fsp3) is 0.467. The zero-order valence-corrected chi connectivity index (χ0v) is 13.7. The number of hydrogen-bond donors (Lipinski definition) is 1. The summed E-state index contributed by atoms with van der Waals surface area (Å²) < 4.78 is 6.67. The van der Waals surface area contributed by atoms with Gasteiger partial charge in [0.25, 0.3) is 0 Å². The highest BCUT2D eigenvalue weighted by molar-refractivity contribution is 8.00. The molecule has 4 nitrogen and oxygen atoms in total. The predicted octanol–water partition coefficient (Wildman–Crippen LogP) is 4.19. The first kappa shape index (κ1) is 14.7. The molecule has 1 fully saturated rings. The third-order valence-electron chi connectivity index (χ3n) is 3.05. The van der Waals surface area contributed by atoms with Gasteiger partial charge >= 0.3 is 0 Å². The van der Waals surface area contributed by atoms with E-state index in [4.69, 9.17) is 4.74 Å². The maximum absolute atomic E-state index is 5.66. The van der Waals surface area contributed by atoms with Crippen LogP contribution in [0.15, 0.2) is 28.6 Å². The van der Waals surface area contributed by atoms with Crippen LogP contribution in [-0.2, 0) is 5.75 Å². The quantitative estimate of drug-likeness (QED) is 0.739. The molecule has 1 heterocycles. The molecule has 6 heteroatoms. The molecule has 0 radical (unpaired) electrons. The first-order valence-corrected chi connectivity index (χ1v) is 9.08. The van der Waals surface area contributed by atoms with Gasteiger partial charge in [-0.2, -0.15) is 0 Å². The Kier molecular flexibility index (Phi) is 4.98. The van der Waals surface area contributed by atoms with E-state index in [1.807, 2.05) is 12.1 Å². The summed E-state index contributed by atoms with van der Waals surface area (Å²) in [6.45, 7) is 2.88. The molecule has 1 aliphatic carbocycles. The van der Waals surface area contributed by atoms with E-state index in [9.17, 15) is 0 Å². The lowest BCUT2D eigenvalue weighted by Crippen LogP contribution is -1.99. The van der Waals surface area contributed by atoms with E-state index in [2.05, 4.69) is 34.6 Å². The van der Waals surface area contributed by atoms with Crippen LogP contribution in [0.3, 0.4) is 0 Å². The summed E-state index contributed by atoms with van der Waals surface area (Å²) >= 11 is 3.36. The van der Waals surface area contributed by atoms with Gasteiger partial charge in [0.05, 0.1) is 6.61 Å². The zero-order valence-electron chi connectivity index (χ0n) is 12.0. The van der Waals surface area contributed by atoms with Crippen molar-refractivity contribution in [3.8, 4) is 5.75 Å². The zero-order chi connectivity index (χ0) is 14.5. The molecule has 0 amide bonds. The van der Waals surface area contributed by atoms with Gasteiger partial charge in [-0.25, -0.2) is 0 Å². The van der Waals surface area contributed by atoms with Crippen LogP contribution < -0.4 is 10.1 Å². The van der Waals surface area contributed by atoms with Gasteiger partial charge in [0.2, 0.25) is 5.13 Å². The number of benzene rings is 1. The van der Waals surface area contributed by atoms with Crippen LogP contribution >= 0.6 is 23.1 Å². The minimum absolute atomic E-state index is 0.628. The summed E-state index contributed by atoms with van der Waals surface area (Å²) in [6, 6.07) is 8.90. The molecule has 0 aliphatic heterocycles. The summed E-state index contributed by atoms with van der Waals surface area (Å²) in [4.78, 5) is 0. The molecule has 0 spiro atoms. The second-order valence-electron chi connectivity index (χ2n) is 5.08. The van der Waals surface area contributed by atoms with E-state index >= 15 is 0 Å². The van der Waals surface area contributed by atoms with Crippen LogP contribution in [-0.4, -0.2) is 22.8 Å². The van der Waals surface area contributed by atoms with E-state index in [1.165, 1.54) is 18.4 Å². The first-order valence-electron chi connectivity index (χ1n) is 7.28. The topological polar surface area (TPSA) is 47.0 Å². The Balaban J connectivity index is 1.52. The molecule has 0 saturated heterocycles. The minimum atomic E-state index is 0.628. The van der Waals surface area contributed by atoms with Gasteiger partial charge < -0.3 is 10.1 Å². The molecule has 21 heavy (non-hydrogen) atoms. The second kappa shape index (κ2) is 7.13. The monoisotopic (exact) mass is 321 g/mol. The Bertz CT molecular complexity index is 584. The number of nitrogens with zero attached hydrogens (tertiary/aromatic N) is 2. The maximum atomic E-state index is 5.66. The van der Waals surface area contributed by atoms with E-state index in [1.54, 1.807) is 23.1 Å². The van der Waals surface area contributed by atoms with Crippen LogP contribution in [0.4, 0.5) is 5.13 Å². The highest BCUT2D eigenvalue weighted by atomic mass is 32.2. The molecular weight excluding hydrogens is 302 g/mol. The van der Waals surface area contributed by atoms with Gasteiger partial charge in [-0.15, -0.1) is 10.2 Å². The largest absolute Gasteiger partial charge is 0.494 e. The summed E-state index contributed by atoms with van der Waals surface area (Å²) in [5.41, 5.74) is 1.25. The molecule has 1 N–H and O–H groups in total. The molecule has 0 unspecified atom stereocenters. The van der Waals surface area contributed by atoms with Crippen molar-refractivity contribution in [2.75, 3.05) is 11.9 Å². The van der Waals surface area contributed by atoms with Gasteiger partial charge in [-0.1, -0.05) is 42.2 Å². The molecule has 1 saturated carbocycles. The highest BCUT2D eigenvalue weighted by Gasteiger charge is 2.22. The van der Waals surface area contributed by atoms with Gasteiger partial charge in [0.1, 0.15) is 5.75 Å². The lowest BCUT2D eigenvalue weighted by atomic mass is 10.2. The molecule has 3 rings (SSSR count). The third kappa shape index (κ3) is 4.61. The Labute approximate surface area is 133 Å². The van der Waals surface area contributed by atoms with Crippen LogP contribution in [0.1, 0.15) is 31.7 Å². The van der Waals surface area contributed by atoms with Crippen LogP contribution in [0.25, 0.3) is 0 Å². The number of anilines is 1. The average molecular weight is 321 g/mol. The molecule has 0 bridgehead atoms. The normalized spacial score (nSPS) is 14.1. The van der Waals surface area contributed by atoms with Crippen molar-refractivity contribution >= 4 is 28.2 Å². The second-order valence-corrected chi connectivity index (χ2v) is 7.28. The van der Waals surface area contributed by atoms with Crippen molar-refractivity contribution < 1.29 is 4.74 Å². The number of hydrogen-bond acceptors (Lipinski definition) is 6. The van der Waals surface area contributed by atoms with E-state index in [0.717, 1.165) is 34.0 Å². The van der Waals surface area contributed by atoms with Crippen molar-refractivity contribution in [2.45, 2.75) is 42.3 Å². The van der Waals surface area contributed by atoms with Gasteiger partial charge in [-0.05, 0) is 37.0 Å². The number of nitrogens with one attached hydrogen (secondary N) is 1. The lowest BCUT2D eigenvalue weighted by molar-refractivity contribution is 0.317. The smallest absolute Gasteiger partial charge is 0.206 e. The average Bonchev–Trinajstić information content (AvgIpc) is 3.20. The SMILES string of the molecule is CCCOc1cccc(CSc2nnc(NC3CC3)s2)c1. The lowest BCUT2D eigenvalue weighted by Gasteiger charge is -2.06. The minimum Gasteiger partial charge on any atom is -0.494 e. The fourth-order valence-electron chi connectivity index (χ4n) is 1.82. The first-order chi connectivity index (χ1) is 10.3. The van der Waals surface area contributed by atoms with Crippen LogP contribution in [0.2, 0.25) is 0 Å². The molecule has 1 aromatic carbocycles. The predicted molar refractivity (Wildman–Crippen MR) is 88.3 cm³/mol. The number of rotatable bonds is 8. The summed E-state index contributed by atoms with van der Waals surface area (Å²) in [6.07, 6.45) is 3.54. The Morgan fingerprint density at radius 3 is 3.10 bits per heavy atom. The molecule has 1 aromatic heterocycles. The molecule has 1 aliphatic rings. The molecular formula is C15H19N3OS2. The van der Waals surface area contributed by atoms with Gasteiger partial charge in [0.15, 0.2) is 4.34 Å². The Hall–Kier alpha value is -1.27.